The summed E-state index contributed by atoms with van der Waals surface area (Å²) in [6.07, 6.45) is 0.715. The summed E-state index contributed by atoms with van der Waals surface area (Å²) in [5, 5.41) is 9.18. The van der Waals surface area contributed by atoms with E-state index >= 15 is 0 Å². The van der Waals surface area contributed by atoms with Crippen LogP contribution in [-0.2, 0) is 6.42 Å². The monoisotopic (exact) mass is 270 g/mol. The minimum Gasteiger partial charge on any atom is -0.478 e. The maximum absolute atomic E-state index is 11.9. The molecule has 0 saturated carbocycles. The van der Waals surface area contributed by atoms with Crippen molar-refractivity contribution in [2.45, 2.75) is 13.3 Å². The summed E-state index contributed by atoms with van der Waals surface area (Å²) >= 11 is 0. The van der Waals surface area contributed by atoms with Gasteiger partial charge in [0.25, 0.3) is 0 Å². The molecule has 2 aromatic carbocycles. The largest absolute Gasteiger partial charge is 0.478 e. The van der Waals surface area contributed by atoms with Crippen LogP contribution < -0.4 is 4.74 Å². The fourth-order valence-electron chi connectivity index (χ4n) is 1.79. The lowest BCUT2D eigenvalue weighted by atomic mass is 10.1. The van der Waals surface area contributed by atoms with Gasteiger partial charge in [-0.15, -0.1) is 0 Å². The fraction of sp³-hybridized carbons (Fsp3) is 0.125. The van der Waals surface area contributed by atoms with E-state index < -0.39 is 11.9 Å². The third kappa shape index (κ3) is 3.03. The van der Waals surface area contributed by atoms with Crippen LogP contribution >= 0.6 is 0 Å². The van der Waals surface area contributed by atoms with E-state index in [0.717, 1.165) is 5.56 Å². The molecule has 0 fully saturated rings. The minimum absolute atomic E-state index is 0.00590. The maximum Gasteiger partial charge on any atom is 0.343 e. The molecule has 0 saturated heterocycles. The molecule has 0 heterocycles. The number of ether oxygens (including phenoxy) is 1. The van der Waals surface area contributed by atoms with E-state index in [9.17, 15) is 14.7 Å². The highest BCUT2D eigenvalue weighted by Gasteiger charge is 2.16. The molecule has 0 atom stereocenters. The van der Waals surface area contributed by atoms with Gasteiger partial charge in [0.1, 0.15) is 11.3 Å². The molecule has 20 heavy (non-hydrogen) atoms. The third-order valence-electron chi connectivity index (χ3n) is 2.89. The summed E-state index contributed by atoms with van der Waals surface area (Å²) in [6, 6.07) is 13.2. The van der Waals surface area contributed by atoms with E-state index in [1.54, 1.807) is 36.4 Å². The van der Waals surface area contributed by atoms with Crippen molar-refractivity contribution in [3.63, 3.8) is 0 Å². The quantitative estimate of drug-likeness (QED) is 0.684. The topological polar surface area (TPSA) is 63.6 Å². The van der Waals surface area contributed by atoms with E-state index in [0.29, 0.717) is 12.0 Å². The second-order valence-electron chi connectivity index (χ2n) is 4.24. The van der Waals surface area contributed by atoms with Gasteiger partial charge in [-0.3, -0.25) is 0 Å². The summed E-state index contributed by atoms with van der Waals surface area (Å²) in [5.74, 6) is -1.63. The molecule has 0 aromatic heterocycles. The van der Waals surface area contributed by atoms with Gasteiger partial charge >= 0.3 is 11.9 Å². The molecule has 0 amide bonds. The predicted molar refractivity (Wildman–Crippen MR) is 74.2 cm³/mol. The van der Waals surface area contributed by atoms with Crippen molar-refractivity contribution in [1.29, 1.82) is 0 Å². The molecule has 102 valence electrons. The number of carboxylic acids is 1. The summed E-state index contributed by atoms with van der Waals surface area (Å²) in [4.78, 5) is 23.1. The van der Waals surface area contributed by atoms with Gasteiger partial charge in [0, 0.05) is 0 Å². The zero-order chi connectivity index (χ0) is 14.5. The standard InChI is InChI=1S/C16H14O4/c1-2-11-8-9-14(13(10-11)15(17)18)20-16(19)12-6-4-3-5-7-12/h3-10H,2H2,1H3,(H,17,18). The van der Waals surface area contributed by atoms with Crippen LogP contribution in [0.3, 0.4) is 0 Å². The summed E-state index contributed by atoms with van der Waals surface area (Å²) in [6.45, 7) is 1.93. The van der Waals surface area contributed by atoms with Crippen molar-refractivity contribution in [3.8, 4) is 5.75 Å². The summed E-state index contributed by atoms with van der Waals surface area (Å²) < 4.78 is 5.17. The summed E-state index contributed by atoms with van der Waals surface area (Å²) in [5.41, 5.74) is 1.25. The van der Waals surface area contributed by atoms with E-state index in [2.05, 4.69) is 0 Å². The van der Waals surface area contributed by atoms with Gasteiger partial charge in [0.05, 0.1) is 5.56 Å². The molecule has 0 unspecified atom stereocenters. The Bertz CT molecular complexity index is 632. The van der Waals surface area contributed by atoms with Crippen LogP contribution in [0.4, 0.5) is 0 Å². The molecule has 0 bridgehead atoms. The van der Waals surface area contributed by atoms with Crippen LogP contribution in [0.2, 0.25) is 0 Å². The Morgan fingerprint density at radius 2 is 1.80 bits per heavy atom. The lowest BCUT2D eigenvalue weighted by molar-refractivity contribution is 0.0681. The average Bonchev–Trinajstić information content (AvgIpc) is 2.48. The van der Waals surface area contributed by atoms with Crippen LogP contribution in [-0.4, -0.2) is 17.0 Å². The molecule has 1 N–H and O–H groups in total. The lowest BCUT2D eigenvalue weighted by Gasteiger charge is -2.09. The first-order valence-corrected chi connectivity index (χ1v) is 6.25. The highest BCUT2D eigenvalue weighted by Crippen LogP contribution is 2.22. The Hall–Kier alpha value is -2.62. The van der Waals surface area contributed by atoms with Crippen molar-refractivity contribution in [1.82, 2.24) is 0 Å². The van der Waals surface area contributed by atoms with Crippen LogP contribution in [0.5, 0.6) is 5.75 Å². The highest BCUT2D eigenvalue weighted by molar-refractivity contribution is 5.95. The normalized spacial score (nSPS) is 10.1. The molecule has 4 nitrogen and oxygen atoms in total. The Morgan fingerprint density at radius 3 is 2.40 bits per heavy atom. The number of carboxylic acid groups (broad SMARTS) is 1. The zero-order valence-electron chi connectivity index (χ0n) is 11.0. The number of hydrogen-bond donors (Lipinski definition) is 1. The third-order valence-corrected chi connectivity index (χ3v) is 2.89. The zero-order valence-corrected chi connectivity index (χ0v) is 11.0. The van der Waals surface area contributed by atoms with Gasteiger partial charge in [-0.1, -0.05) is 31.2 Å². The van der Waals surface area contributed by atoms with E-state index in [1.165, 1.54) is 12.1 Å². The van der Waals surface area contributed by atoms with Gasteiger partial charge in [0.15, 0.2) is 0 Å². The number of rotatable bonds is 4. The van der Waals surface area contributed by atoms with Gasteiger partial charge < -0.3 is 9.84 Å². The SMILES string of the molecule is CCc1ccc(OC(=O)c2ccccc2)c(C(=O)O)c1. The van der Waals surface area contributed by atoms with Crippen LogP contribution in [0.15, 0.2) is 48.5 Å². The molecular weight excluding hydrogens is 256 g/mol. The van der Waals surface area contributed by atoms with Gasteiger partial charge in [-0.05, 0) is 36.2 Å². The van der Waals surface area contributed by atoms with Crippen molar-refractivity contribution >= 4 is 11.9 Å². The molecular formula is C16H14O4. The van der Waals surface area contributed by atoms with E-state index in [-0.39, 0.29) is 11.3 Å². The summed E-state index contributed by atoms with van der Waals surface area (Å²) in [7, 11) is 0. The molecule has 0 aliphatic heterocycles. The second-order valence-corrected chi connectivity index (χ2v) is 4.24. The molecule has 0 aliphatic rings. The molecule has 0 aliphatic carbocycles. The van der Waals surface area contributed by atoms with Gasteiger partial charge in [0.2, 0.25) is 0 Å². The van der Waals surface area contributed by atoms with Crippen molar-refractivity contribution < 1.29 is 19.4 Å². The molecule has 4 heteroatoms. The van der Waals surface area contributed by atoms with Crippen LogP contribution in [0.25, 0.3) is 0 Å². The molecule has 2 aromatic rings. The Kier molecular flexibility index (Phi) is 4.15. The van der Waals surface area contributed by atoms with Crippen molar-refractivity contribution in [3.05, 3.63) is 65.2 Å². The lowest BCUT2D eigenvalue weighted by Crippen LogP contribution is -2.11. The second kappa shape index (κ2) is 6.02. The number of benzene rings is 2. The molecule has 0 radical (unpaired) electrons. The predicted octanol–water partition coefficient (Wildman–Crippen LogP) is 3.17. The van der Waals surface area contributed by atoms with Gasteiger partial charge in [-0.25, -0.2) is 9.59 Å². The van der Waals surface area contributed by atoms with E-state index in [1.807, 2.05) is 6.92 Å². The number of aryl methyl sites for hydroxylation is 1. The van der Waals surface area contributed by atoms with Crippen molar-refractivity contribution in [2.75, 3.05) is 0 Å². The maximum atomic E-state index is 11.9. The molecule has 2 rings (SSSR count). The number of hydrogen-bond acceptors (Lipinski definition) is 3. The number of esters is 1. The Balaban J connectivity index is 2.29. The average molecular weight is 270 g/mol. The smallest absolute Gasteiger partial charge is 0.343 e. The van der Waals surface area contributed by atoms with Crippen LogP contribution in [0, 0.1) is 0 Å². The first-order valence-electron chi connectivity index (χ1n) is 6.25. The Morgan fingerprint density at radius 1 is 1.10 bits per heavy atom. The first kappa shape index (κ1) is 13.8. The number of aromatic carboxylic acids is 1. The Labute approximate surface area is 116 Å². The van der Waals surface area contributed by atoms with Crippen LogP contribution in [0.1, 0.15) is 33.2 Å². The van der Waals surface area contributed by atoms with Crippen molar-refractivity contribution in [2.24, 2.45) is 0 Å². The van der Waals surface area contributed by atoms with Gasteiger partial charge in [-0.2, -0.15) is 0 Å². The fourth-order valence-corrected chi connectivity index (χ4v) is 1.79. The first-order chi connectivity index (χ1) is 9.61. The number of carbonyl (C=O) groups excluding carboxylic acids is 1. The molecule has 0 spiro atoms. The highest BCUT2D eigenvalue weighted by atomic mass is 16.5. The van der Waals surface area contributed by atoms with E-state index in [4.69, 9.17) is 4.74 Å². The minimum atomic E-state index is -1.11. The number of carbonyl (C=O) groups is 2.